The number of hydrogen-bond donors (Lipinski definition) is 2. The van der Waals surface area contributed by atoms with Crippen LogP contribution in [0.4, 0.5) is 5.69 Å². The van der Waals surface area contributed by atoms with Crippen molar-refractivity contribution in [3.8, 4) is 0 Å². The third kappa shape index (κ3) is 1.95. The Hall–Kier alpha value is -2.04. The van der Waals surface area contributed by atoms with Gasteiger partial charge < -0.3 is 15.3 Å². The van der Waals surface area contributed by atoms with Crippen molar-refractivity contribution in [1.29, 1.82) is 0 Å². The van der Waals surface area contributed by atoms with Gasteiger partial charge in [0.05, 0.1) is 5.92 Å². The minimum atomic E-state index is -0.898. The van der Waals surface area contributed by atoms with E-state index in [1.807, 2.05) is 24.3 Å². The number of carboxylic acids is 1. The third-order valence-electron chi connectivity index (χ3n) is 3.95. The van der Waals surface area contributed by atoms with Gasteiger partial charge in [0.25, 0.3) is 0 Å². The smallest absolute Gasteiger partial charge is 0.326 e. The molecule has 2 N–H and O–H groups in total. The Bertz CT molecular complexity index is 529. The van der Waals surface area contributed by atoms with Gasteiger partial charge in [-0.2, -0.15) is 0 Å². The van der Waals surface area contributed by atoms with Crippen molar-refractivity contribution in [1.82, 2.24) is 4.90 Å². The number of carboxylic acid groups (broad SMARTS) is 1. The molecule has 2 atom stereocenters. The van der Waals surface area contributed by atoms with Crippen molar-refractivity contribution in [3.05, 3.63) is 29.8 Å². The molecule has 3 rings (SSSR count). The Morgan fingerprint density at radius 2 is 2.11 bits per heavy atom. The van der Waals surface area contributed by atoms with Crippen LogP contribution in [0.5, 0.6) is 0 Å². The number of likely N-dealkylation sites (tertiary alicyclic amines) is 1. The number of benzene rings is 1. The van der Waals surface area contributed by atoms with Crippen LogP contribution in [0, 0.1) is 0 Å². The van der Waals surface area contributed by atoms with Crippen LogP contribution < -0.4 is 5.32 Å². The molecular weight excluding hydrogens is 244 g/mol. The van der Waals surface area contributed by atoms with Crippen molar-refractivity contribution in [3.63, 3.8) is 0 Å². The molecule has 0 saturated carbocycles. The van der Waals surface area contributed by atoms with Gasteiger partial charge in [0.1, 0.15) is 6.04 Å². The summed E-state index contributed by atoms with van der Waals surface area (Å²) >= 11 is 0. The van der Waals surface area contributed by atoms with Crippen LogP contribution in [-0.4, -0.2) is 41.0 Å². The summed E-state index contributed by atoms with van der Waals surface area (Å²) in [5.41, 5.74) is 1.95. The molecule has 5 nitrogen and oxygen atoms in total. The second-order valence-corrected chi connectivity index (χ2v) is 5.05. The van der Waals surface area contributed by atoms with Crippen molar-refractivity contribution in [2.45, 2.75) is 24.8 Å². The van der Waals surface area contributed by atoms with Crippen LogP contribution in [0.1, 0.15) is 24.3 Å². The lowest BCUT2D eigenvalue weighted by atomic mass is 9.99. The molecule has 5 heteroatoms. The highest BCUT2D eigenvalue weighted by Gasteiger charge is 2.39. The average Bonchev–Trinajstić information content (AvgIpc) is 3.05. The highest BCUT2D eigenvalue weighted by atomic mass is 16.4. The number of aliphatic carboxylic acids is 1. The molecule has 2 aliphatic rings. The van der Waals surface area contributed by atoms with Crippen LogP contribution >= 0.6 is 0 Å². The number of fused-ring (bicyclic) bond motifs is 1. The minimum Gasteiger partial charge on any atom is -0.480 e. The second-order valence-electron chi connectivity index (χ2n) is 5.05. The van der Waals surface area contributed by atoms with E-state index in [1.54, 1.807) is 0 Å². The van der Waals surface area contributed by atoms with E-state index in [1.165, 1.54) is 4.90 Å². The maximum Gasteiger partial charge on any atom is 0.326 e. The van der Waals surface area contributed by atoms with Gasteiger partial charge in [0.15, 0.2) is 0 Å². The lowest BCUT2D eigenvalue weighted by molar-refractivity contribution is -0.148. The minimum absolute atomic E-state index is 0.0673. The second kappa shape index (κ2) is 4.57. The van der Waals surface area contributed by atoms with Gasteiger partial charge in [-0.3, -0.25) is 4.79 Å². The lowest BCUT2D eigenvalue weighted by Gasteiger charge is -2.24. The quantitative estimate of drug-likeness (QED) is 0.840. The van der Waals surface area contributed by atoms with Gasteiger partial charge in [0, 0.05) is 18.8 Å². The van der Waals surface area contributed by atoms with Gasteiger partial charge in [-0.1, -0.05) is 18.2 Å². The summed E-state index contributed by atoms with van der Waals surface area (Å²) in [6, 6.07) is 7.06. The maximum absolute atomic E-state index is 12.5. The molecule has 1 saturated heterocycles. The van der Waals surface area contributed by atoms with Gasteiger partial charge in [-0.25, -0.2) is 4.79 Å². The number of carbonyl (C=O) groups is 2. The van der Waals surface area contributed by atoms with Gasteiger partial charge in [-0.15, -0.1) is 0 Å². The molecule has 0 radical (unpaired) electrons. The summed E-state index contributed by atoms with van der Waals surface area (Å²) in [6.45, 7) is 1.11. The standard InChI is InChI=1S/C14H16N2O3/c17-13(16-7-3-6-12(16)14(18)19)10-8-15-11-5-2-1-4-9(10)11/h1-2,4-5,10,12,15H,3,6-8H2,(H,18,19). The molecule has 0 aliphatic carbocycles. The average molecular weight is 260 g/mol. The van der Waals surface area contributed by atoms with Crippen LogP contribution in [0.3, 0.4) is 0 Å². The normalized spacial score (nSPS) is 24.9. The molecule has 0 aromatic heterocycles. The van der Waals surface area contributed by atoms with Crippen LogP contribution in [-0.2, 0) is 9.59 Å². The topological polar surface area (TPSA) is 69.6 Å². The Labute approximate surface area is 111 Å². The molecule has 1 aromatic rings. The molecule has 100 valence electrons. The van der Waals surface area contributed by atoms with Crippen molar-refractivity contribution in [2.24, 2.45) is 0 Å². The van der Waals surface area contributed by atoms with Crippen molar-refractivity contribution in [2.75, 3.05) is 18.4 Å². The summed E-state index contributed by atoms with van der Waals surface area (Å²) < 4.78 is 0. The number of nitrogens with one attached hydrogen (secondary N) is 1. The zero-order valence-corrected chi connectivity index (χ0v) is 10.5. The Morgan fingerprint density at radius 3 is 2.89 bits per heavy atom. The van der Waals surface area contributed by atoms with E-state index in [-0.39, 0.29) is 11.8 Å². The van der Waals surface area contributed by atoms with Crippen molar-refractivity contribution < 1.29 is 14.7 Å². The van der Waals surface area contributed by atoms with Crippen LogP contribution in [0.15, 0.2) is 24.3 Å². The first-order valence-corrected chi connectivity index (χ1v) is 6.54. The number of amides is 1. The molecule has 0 bridgehead atoms. The predicted molar refractivity (Wildman–Crippen MR) is 70.0 cm³/mol. The molecule has 19 heavy (non-hydrogen) atoms. The van der Waals surface area contributed by atoms with E-state index < -0.39 is 12.0 Å². The maximum atomic E-state index is 12.5. The molecular formula is C14H16N2O3. The van der Waals surface area contributed by atoms with E-state index in [9.17, 15) is 9.59 Å². The number of carbonyl (C=O) groups excluding carboxylic acids is 1. The van der Waals surface area contributed by atoms with Gasteiger partial charge in [-0.05, 0) is 24.5 Å². The lowest BCUT2D eigenvalue weighted by Crippen LogP contribution is -2.43. The first-order chi connectivity index (χ1) is 9.18. The monoisotopic (exact) mass is 260 g/mol. The molecule has 2 unspecified atom stereocenters. The van der Waals surface area contributed by atoms with Crippen LogP contribution in [0.25, 0.3) is 0 Å². The number of anilines is 1. The highest BCUT2D eigenvalue weighted by Crippen LogP contribution is 2.34. The summed E-state index contributed by atoms with van der Waals surface area (Å²) in [5.74, 6) is -1.22. The van der Waals surface area contributed by atoms with E-state index in [0.29, 0.717) is 19.5 Å². The fraction of sp³-hybridized carbons (Fsp3) is 0.429. The fourth-order valence-corrected chi connectivity index (χ4v) is 2.99. The molecule has 1 aromatic carbocycles. The first kappa shape index (κ1) is 12.0. The zero-order valence-electron chi connectivity index (χ0n) is 10.5. The number of para-hydroxylation sites is 1. The molecule has 2 heterocycles. The molecule has 0 spiro atoms. The van der Waals surface area contributed by atoms with Crippen molar-refractivity contribution >= 4 is 17.6 Å². The Balaban J connectivity index is 1.84. The first-order valence-electron chi connectivity index (χ1n) is 6.54. The van der Waals surface area contributed by atoms with E-state index in [0.717, 1.165) is 17.7 Å². The summed E-state index contributed by atoms with van der Waals surface area (Å²) in [7, 11) is 0. The number of rotatable bonds is 2. The Kier molecular flexibility index (Phi) is 2.89. The number of nitrogens with zero attached hydrogens (tertiary/aromatic N) is 1. The number of hydrogen-bond acceptors (Lipinski definition) is 3. The van der Waals surface area contributed by atoms with E-state index >= 15 is 0 Å². The highest BCUT2D eigenvalue weighted by molar-refractivity contribution is 5.91. The SMILES string of the molecule is O=C(O)C1CCCN1C(=O)C1CNc2ccccc21. The third-order valence-corrected chi connectivity index (χ3v) is 3.95. The van der Waals surface area contributed by atoms with Gasteiger partial charge in [0.2, 0.25) is 5.91 Å². The zero-order chi connectivity index (χ0) is 13.4. The fourth-order valence-electron chi connectivity index (χ4n) is 2.99. The van der Waals surface area contributed by atoms with E-state index in [2.05, 4.69) is 5.32 Å². The van der Waals surface area contributed by atoms with Crippen LogP contribution in [0.2, 0.25) is 0 Å². The van der Waals surface area contributed by atoms with Gasteiger partial charge >= 0.3 is 5.97 Å². The largest absolute Gasteiger partial charge is 0.480 e. The summed E-state index contributed by atoms with van der Waals surface area (Å²) in [5, 5.41) is 12.4. The molecule has 2 aliphatic heterocycles. The Morgan fingerprint density at radius 1 is 1.32 bits per heavy atom. The van der Waals surface area contributed by atoms with E-state index in [4.69, 9.17) is 5.11 Å². The predicted octanol–water partition coefficient (Wildman–Crippen LogP) is 1.27. The molecule has 1 fully saturated rings. The summed E-state index contributed by atoms with van der Waals surface area (Å²) in [6.07, 6.45) is 1.33. The summed E-state index contributed by atoms with van der Waals surface area (Å²) in [4.78, 5) is 25.2. The molecule has 1 amide bonds.